The smallest absolute Gasteiger partial charge is 0.309 e. The van der Waals surface area contributed by atoms with Gasteiger partial charge in [-0.1, -0.05) is 0 Å². The Bertz CT molecular complexity index is 325. The van der Waals surface area contributed by atoms with E-state index in [1.165, 1.54) is 0 Å². The van der Waals surface area contributed by atoms with Crippen LogP contribution in [-0.2, 0) is 9.53 Å². The molecule has 5 heteroatoms. The van der Waals surface area contributed by atoms with Crippen molar-refractivity contribution < 1.29 is 14.6 Å². The molecular formula is C15H28N2O3. The van der Waals surface area contributed by atoms with Crippen molar-refractivity contribution in [1.29, 1.82) is 0 Å². The van der Waals surface area contributed by atoms with Crippen LogP contribution < -0.4 is 0 Å². The van der Waals surface area contributed by atoms with Crippen molar-refractivity contribution in [3.63, 3.8) is 0 Å². The standard InChI is InChI=1S/C15H28N2O3/c1-15(2,3)20-14(19)12-4-8-16(9-5-12)17-10-6-13(18)7-11-17/h12-13,18H,4-11H2,1-3H3. The van der Waals surface area contributed by atoms with E-state index in [1.54, 1.807) is 0 Å². The summed E-state index contributed by atoms with van der Waals surface area (Å²) in [7, 11) is 0. The molecule has 0 bridgehead atoms. The summed E-state index contributed by atoms with van der Waals surface area (Å²) in [5.41, 5.74) is -0.392. The monoisotopic (exact) mass is 284 g/mol. The molecule has 20 heavy (non-hydrogen) atoms. The van der Waals surface area contributed by atoms with Crippen molar-refractivity contribution >= 4 is 5.97 Å². The summed E-state index contributed by atoms with van der Waals surface area (Å²) in [5.74, 6) is -0.00734. The Morgan fingerprint density at radius 1 is 1.00 bits per heavy atom. The number of nitrogens with zero attached hydrogens (tertiary/aromatic N) is 2. The lowest BCUT2D eigenvalue weighted by Gasteiger charge is -2.42. The topological polar surface area (TPSA) is 53.0 Å². The van der Waals surface area contributed by atoms with E-state index >= 15 is 0 Å². The number of carbonyl (C=O) groups excluding carboxylic acids is 1. The van der Waals surface area contributed by atoms with Crippen LogP contribution in [0.4, 0.5) is 0 Å². The molecule has 2 fully saturated rings. The molecule has 0 aromatic rings. The van der Waals surface area contributed by atoms with E-state index in [0.29, 0.717) is 0 Å². The van der Waals surface area contributed by atoms with Crippen LogP contribution in [0.2, 0.25) is 0 Å². The second-order valence-electron chi connectivity index (χ2n) is 6.95. The number of hydrogen-bond acceptors (Lipinski definition) is 5. The predicted octanol–water partition coefficient (Wildman–Crippen LogP) is 1.41. The third-order valence-electron chi connectivity index (χ3n) is 4.05. The largest absolute Gasteiger partial charge is 0.460 e. The van der Waals surface area contributed by atoms with Gasteiger partial charge in [0.1, 0.15) is 5.60 Å². The van der Waals surface area contributed by atoms with Crippen molar-refractivity contribution in [2.45, 2.75) is 58.2 Å². The summed E-state index contributed by atoms with van der Waals surface area (Å²) < 4.78 is 5.47. The molecule has 0 aliphatic carbocycles. The lowest BCUT2D eigenvalue weighted by atomic mass is 9.97. The molecule has 2 rings (SSSR count). The van der Waals surface area contributed by atoms with Gasteiger partial charge in [-0.05, 0) is 46.5 Å². The van der Waals surface area contributed by atoms with Gasteiger partial charge in [0.25, 0.3) is 0 Å². The van der Waals surface area contributed by atoms with Crippen LogP contribution in [0, 0.1) is 5.92 Å². The molecule has 0 amide bonds. The number of esters is 1. The van der Waals surface area contributed by atoms with Gasteiger partial charge in [-0.3, -0.25) is 4.79 Å². The number of rotatable bonds is 2. The molecule has 2 aliphatic heterocycles. The number of hydrogen-bond donors (Lipinski definition) is 1. The maximum Gasteiger partial charge on any atom is 0.309 e. The fourth-order valence-electron chi connectivity index (χ4n) is 2.90. The molecule has 5 nitrogen and oxygen atoms in total. The van der Waals surface area contributed by atoms with E-state index in [9.17, 15) is 9.90 Å². The Morgan fingerprint density at radius 3 is 1.90 bits per heavy atom. The third-order valence-corrected chi connectivity index (χ3v) is 4.05. The van der Waals surface area contributed by atoms with E-state index in [-0.39, 0.29) is 18.0 Å². The van der Waals surface area contributed by atoms with Crippen LogP contribution in [-0.4, -0.2) is 59.0 Å². The summed E-state index contributed by atoms with van der Waals surface area (Å²) in [6, 6.07) is 0. The average Bonchev–Trinajstić information content (AvgIpc) is 2.38. The Morgan fingerprint density at radius 2 is 1.45 bits per heavy atom. The first kappa shape index (κ1) is 15.7. The van der Waals surface area contributed by atoms with Crippen LogP contribution in [0.1, 0.15) is 46.5 Å². The minimum atomic E-state index is -0.392. The predicted molar refractivity (Wildman–Crippen MR) is 77.0 cm³/mol. The first-order chi connectivity index (χ1) is 9.35. The highest BCUT2D eigenvalue weighted by Crippen LogP contribution is 2.24. The van der Waals surface area contributed by atoms with Gasteiger partial charge in [-0.2, -0.15) is 0 Å². The molecule has 0 saturated carbocycles. The first-order valence-corrected chi connectivity index (χ1v) is 7.76. The fourth-order valence-corrected chi connectivity index (χ4v) is 2.90. The number of carbonyl (C=O) groups is 1. The zero-order valence-electron chi connectivity index (χ0n) is 13.0. The zero-order valence-corrected chi connectivity index (χ0v) is 13.0. The summed E-state index contributed by atoms with van der Waals surface area (Å²) in [4.78, 5) is 12.1. The van der Waals surface area contributed by atoms with Crippen LogP contribution in [0.25, 0.3) is 0 Å². The second kappa shape index (κ2) is 6.41. The number of aliphatic hydroxyl groups excluding tert-OH is 1. The lowest BCUT2D eigenvalue weighted by molar-refractivity contribution is -0.164. The highest BCUT2D eigenvalue weighted by Gasteiger charge is 2.31. The van der Waals surface area contributed by atoms with Crippen molar-refractivity contribution in [2.75, 3.05) is 26.2 Å². The van der Waals surface area contributed by atoms with Crippen molar-refractivity contribution in [3.05, 3.63) is 0 Å². The van der Waals surface area contributed by atoms with Crippen molar-refractivity contribution in [1.82, 2.24) is 10.0 Å². The van der Waals surface area contributed by atoms with Crippen molar-refractivity contribution in [2.24, 2.45) is 5.92 Å². The highest BCUT2D eigenvalue weighted by atomic mass is 16.6. The average molecular weight is 284 g/mol. The van der Waals surface area contributed by atoms with Crippen LogP contribution in [0.15, 0.2) is 0 Å². The quantitative estimate of drug-likeness (QED) is 0.777. The van der Waals surface area contributed by atoms with E-state index < -0.39 is 5.60 Å². The number of aliphatic hydroxyl groups is 1. The molecule has 0 unspecified atom stereocenters. The van der Waals surface area contributed by atoms with E-state index in [1.807, 2.05) is 20.8 Å². The summed E-state index contributed by atoms with van der Waals surface area (Å²) >= 11 is 0. The van der Waals surface area contributed by atoms with Gasteiger partial charge in [0, 0.05) is 26.2 Å². The summed E-state index contributed by atoms with van der Waals surface area (Å²) in [5, 5.41) is 14.2. The van der Waals surface area contributed by atoms with E-state index in [0.717, 1.165) is 51.9 Å². The van der Waals surface area contributed by atoms with Crippen LogP contribution >= 0.6 is 0 Å². The molecule has 0 aromatic carbocycles. The molecular weight excluding hydrogens is 256 g/mol. The van der Waals surface area contributed by atoms with E-state index in [4.69, 9.17) is 4.74 Å². The summed E-state index contributed by atoms with van der Waals surface area (Å²) in [6.07, 6.45) is 3.31. The van der Waals surface area contributed by atoms with Gasteiger partial charge < -0.3 is 9.84 Å². The number of piperidine rings is 2. The molecule has 1 N–H and O–H groups in total. The molecule has 0 radical (unpaired) electrons. The van der Waals surface area contributed by atoms with Gasteiger partial charge in [0.2, 0.25) is 0 Å². The third kappa shape index (κ3) is 4.43. The van der Waals surface area contributed by atoms with Gasteiger partial charge in [-0.15, -0.1) is 0 Å². The van der Waals surface area contributed by atoms with E-state index in [2.05, 4.69) is 10.0 Å². The maximum atomic E-state index is 12.1. The first-order valence-electron chi connectivity index (χ1n) is 7.76. The molecule has 116 valence electrons. The van der Waals surface area contributed by atoms with Crippen molar-refractivity contribution in [3.8, 4) is 0 Å². The Kier molecular flexibility index (Phi) is 5.04. The Hall–Kier alpha value is -0.650. The molecule has 2 aliphatic rings. The molecule has 0 spiro atoms. The zero-order chi connectivity index (χ0) is 14.8. The molecule has 0 aromatic heterocycles. The number of ether oxygens (including phenoxy) is 1. The van der Waals surface area contributed by atoms with Gasteiger partial charge in [-0.25, -0.2) is 10.0 Å². The van der Waals surface area contributed by atoms with Crippen LogP contribution in [0.5, 0.6) is 0 Å². The van der Waals surface area contributed by atoms with Gasteiger partial charge in [0.15, 0.2) is 0 Å². The highest BCUT2D eigenvalue weighted by molar-refractivity contribution is 5.73. The molecule has 2 saturated heterocycles. The minimum Gasteiger partial charge on any atom is -0.460 e. The minimum absolute atomic E-state index is 0.0425. The van der Waals surface area contributed by atoms with Crippen LogP contribution in [0.3, 0.4) is 0 Å². The molecule has 2 heterocycles. The Labute approximate surface area is 121 Å². The van der Waals surface area contributed by atoms with Gasteiger partial charge >= 0.3 is 5.97 Å². The normalized spacial score (nSPS) is 24.8. The molecule has 0 atom stereocenters. The second-order valence-corrected chi connectivity index (χ2v) is 6.95. The lowest BCUT2D eigenvalue weighted by Crippen LogP contribution is -2.51. The SMILES string of the molecule is CC(C)(C)OC(=O)C1CCN(N2CCC(O)CC2)CC1. The number of hydrazine groups is 1. The Balaban J connectivity index is 1.76. The summed E-state index contributed by atoms with van der Waals surface area (Å²) in [6.45, 7) is 9.44. The fraction of sp³-hybridized carbons (Fsp3) is 0.933. The van der Waals surface area contributed by atoms with Gasteiger partial charge in [0.05, 0.1) is 12.0 Å². The maximum absolute atomic E-state index is 12.1.